The molecule has 21 heavy (non-hydrogen) atoms. The molecule has 2 N–H and O–H groups in total. The molecule has 1 saturated carbocycles. The molecule has 2 unspecified atom stereocenters. The molecule has 0 amide bonds. The maximum absolute atomic E-state index is 12.8. The predicted octanol–water partition coefficient (Wildman–Crippen LogP) is 3.30. The molecule has 1 aliphatic rings. The number of benzene rings is 1. The van der Waals surface area contributed by atoms with Gasteiger partial charge in [-0.25, -0.2) is 0 Å². The van der Waals surface area contributed by atoms with Crippen LogP contribution in [0.2, 0.25) is 0 Å². The first kappa shape index (κ1) is 16.3. The summed E-state index contributed by atoms with van der Waals surface area (Å²) in [4.78, 5) is 0. The van der Waals surface area contributed by atoms with Crippen LogP contribution in [-0.4, -0.2) is 30.0 Å². The van der Waals surface area contributed by atoms with Gasteiger partial charge in [-0.1, -0.05) is 36.8 Å². The Bertz CT molecular complexity index is 421. The number of hydrogen-bond donors (Lipinski definition) is 2. The summed E-state index contributed by atoms with van der Waals surface area (Å²) in [5, 5.41) is 12.7. The topological polar surface area (TPSA) is 32.3 Å². The minimum atomic E-state index is -4.10. The van der Waals surface area contributed by atoms with E-state index in [1.165, 1.54) is 0 Å². The highest BCUT2D eigenvalue weighted by Gasteiger charge is 2.42. The van der Waals surface area contributed by atoms with Crippen molar-refractivity contribution in [1.29, 1.82) is 0 Å². The van der Waals surface area contributed by atoms with Gasteiger partial charge in [-0.2, -0.15) is 13.2 Å². The summed E-state index contributed by atoms with van der Waals surface area (Å²) in [5.74, 6) is -1.21. The Balaban J connectivity index is 1.89. The zero-order chi connectivity index (χ0) is 15.3. The molecule has 1 aromatic carbocycles. The third-order valence-electron chi connectivity index (χ3n) is 4.15. The monoisotopic (exact) mass is 301 g/mol. The van der Waals surface area contributed by atoms with Gasteiger partial charge in [-0.05, 0) is 31.2 Å². The molecular weight excluding hydrogens is 279 g/mol. The van der Waals surface area contributed by atoms with E-state index in [-0.39, 0.29) is 31.5 Å². The number of aliphatic hydroxyl groups excluding tert-OH is 1. The van der Waals surface area contributed by atoms with Crippen LogP contribution in [0.25, 0.3) is 0 Å². The number of hydrogen-bond acceptors (Lipinski definition) is 2. The zero-order valence-electron chi connectivity index (χ0n) is 11.9. The van der Waals surface area contributed by atoms with Gasteiger partial charge < -0.3 is 10.4 Å². The second-order valence-electron chi connectivity index (χ2n) is 5.84. The maximum Gasteiger partial charge on any atom is 0.391 e. The number of rotatable bonds is 5. The van der Waals surface area contributed by atoms with Crippen molar-refractivity contribution in [1.82, 2.24) is 5.32 Å². The summed E-state index contributed by atoms with van der Waals surface area (Å²) in [6.45, 7) is -0.0674. The Morgan fingerprint density at radius 3 is 2.52 bits per heavy atom. The average molecular weight is 301 g/mol. The highest BCUT2D eigenvalue weighted by atomic mass is 19.4. The molecule has 0 saturated heterocycles. The fourth-order valence-electron chi connectivity index (χ4n) is 3.05. The van der Waals surface area contributed by atoms with Gasteiger partial charge in [0.1, 0.15) is 0 Å². The van der Waals surface area contributed by atoms with E-state index in [0.717, 1.165) is 12.0 Å². The fourth-order valence-corrected chi connectivity index (χ4v) is 3.05. The molecule has 5 heteroatoms. The first-order valence-corrected chi connectivity index (χ1v) is 7.46. The van der Waals surface area contributed by atoms with Crippen molar-refractivity contribution >= 4 is 0 Å². The first-order chi connectivity index (χ1) is 9.99. The molecule has 0 aliphatic heterocycles. The van der Waals surface area contributed by atoms with Gasteiger partial charge in [0.25, 0.3) is 0 Å². The minimum absolute atomic E-state index is 0.0674. The van der Waals surface area contributed by atoms with Gasteiger partial charge >= 0.3 is 6.18 Å². The molecule has 1 fully saturated rings. The highest BCUT2D eigenvalue weighted by Crippen LogP contribution is 2.37. The van der Waals surface area contributed by atoms with E-state index in [1.54, 1.807) is 0 Å². The second kappa shape index (κ2) is 7.27. The lowest BCUT2D eigenvalue weighted by Gasteiger charge is -2.33. The van der Waals surface area contributed by atoms with Gasteiger partial charge in [-0.3, -0.25) is 0 Å². The van der Waals surface area contributed by atoms with Crippen LogP contribution in [0.3, 0.4) is 0 Å². The Labute approximate surface area is 123 Å². The fraction of sp³-hybridized carbons (Fsp3) is 0.625. The summed E-state index contributed by atoms with van der Waals surface area (Å²) < 4.78 is 38.4. The van der Waals surface area contributed by atoms with Crippen LogP contribution in [0.5, 0.6) is 0 Å². The standard InChI is InChI=1S/C16H22F3NO/c17-16(18,19)13-7-4-8-14(10-13)20-15(11-21)9-12-5-2-1-3-6-12/h1-3,5-6,13-15,20-21H,4,7-11H2/t13?,14?,15-/m1/s1. The molecule has 118 valence electrons. The highest BCUT2D eigenvalue weighted by molar-refractivity contribution is 5.16. The SMILES string of the molecule is OC[C@@H](Cc1ccccc1)NC1CCCC(C(F)(F)F)C1. The van der Waals surface area contributed by atoms with Crippen LogP contribution in [0, 0.1) is 5.92 Å². The largest absolute Gasteiger partial charge is 0.395 e. The molecule has 1 aromatic rings. The average Bonchev–Trinajstić information content (AvgIpc) is 2.47. The lowest BCUT2D eigenvalue weighted by Crippen LogP contribution is -2.45. The van der Waals surface area contributed by atoms with Crippen LogP contribution in [0.4, 0.5) is 13.2 Å². The lowest BCUT2D eigenvalue weighted by molar-refractivity contribution is -0.183. The van der Waals surface area contributed by atoms with Crippen molar-refractivity contribution in [3.63, 3.8) is 0 Å². The van der Waals surface area contributed by atoms with Crippen LogP contribution >= 0.6 is 0 Å². The lowest BCUT2D eigenvalue weighted by atomic mass is 9.84. The summed E-state index contributed by atoms with van der Waals surface area (Å²) >= 11 is 0. The van der Waals surface area contributed by atoms with Crippen molar-refractivity contribution in [2.75, 3.05) is 6.61 Å². The van der Waals surface area contributed by atoms with E-state index in [2.05, 4.69) is 5.32 Å². The predicted molar refractivity (Wildman–Crippen MR) is 76.0 cm³/mol. The van der Waals surface area contributed by atoms with Gasteiger partial charge in [0.2, 0.25) is 0 Å². The summed E-state index contributed by atoms with van der Waals surface area (Å²) in [6.07, 6.45) is -1.79. The van der Waals surface area contributed by atoms with Gasteiger partial charge in [0, 0.05) is 12.1 Å². The Morgan fingerprint density at radius 1 is 1.19 bits per heavy atom. The van der Waals surface area contributed by atoms with Crippen LogP contribution in [0.15, 0.2) is 30.3 Å². The van der Waals surface area contributed by atoms with Crippen LogP contribution < -0.4 is 5.32 Å². The van der Waals surface area contributed by atoms with Crippen LogP contribution in [-0.2, 0) is 6.42 Å². The quantitative estimate of drug-likeness (QED) is 0.874. The number of nitrogens with one attached hydrogen (secondary N) is 1. The molecule has 1 aliphatic carbocycles. The van der Waals surface area contributed by atoms with E-state index in [9.17, 15) is 18.3 Å². The molecule has 0 radical (unpaired) electrons. The van der Waals surface area contributed by atoms with E-state index in [0.29, 0.717) is 12.8 Å². The summed E-state index contributed by atoms with van der Waals surface area (Å²) in [6, 6.07) is 9.33. The van der Waals surface area contributed by atoms with E-state index in [4.69, 9.17) is 0 Å². The number of halogens is 3. The summed E-state index contributed by atoms with van der Waals surface area (Å²) in [7, 11) is 0. The summed E-state index contributed by atoms with van der Waals surface area (Å²) in [5.41, 5.74) is 1.08. The van der Waals surface area contributed by atoms with Gasteiger partial charge in [-0.15, -0.1) is 0 Å². The smallest absolute Gasteiger partial charge is 0.391 e. The molecule has 2 rings (SSSR count). The maximum atomic E-state index is 12.8. The van der Waals surface area contributed by atoms with Crippen molar-refractivity contribution in [3.05, 3.63) is 35.9 Å². The molecule has 3 atom stereocenters. The van der Waals surface area contributed by atoms with Crippen molar-refractivity contribution in [2.45, 2.75) is 50.4 Å². The molecule has 2 nitrogen and oxygen atoms in total. The third kappa shape index (κ3) is 5.00. The molecule has 0 aromatic heterocycles. The van der Waals surface area contributed by atoms with E-state index in [1.807, 2.05) is 30.3 Å². The van der Waals surface area contributed by atoms with Crippen LogP contribution in [0.1, 0.15) is 31.2 Å². The zero-order valence-corrected chi connectivity index (χ0v) is 11.9. The first-order valence-electron chi connectivity index (χ1n) is 7.46. The molecular formula is C16H22F3NO. The molecule has 0 bridgehead atoms. The normalized spacial score (nSPS) is 24.8. The Hall–Kier alpha value is -1.07. The van der Waals surface area contributed by atoms with Crippen molar-refractivity contribution < 1.29 is 18.3 Å². The van der Waals surface area contributed by atoms with E-state index >= 15 is 0 Å². The van der Waals surface area contributed by atoms with Gasteiger partial charge in [0.15, 0.2) is 0 Å². The van der Waals surface area contributed by atoms with Crippen molar-refractivity contribution in [3.8, 4) is 0 Å². The Morgan fingerprint density at radius 2 is 1.90 bits per heavy atom. The van der Waals surface area contributed by atoms with E-state index < -0.39 is 12.1 Å². The second-order valence-corrected chi connectivity index (χ2v) is 5.84. The Kier molecular flexibility index (Phi) is 5.65. The number of aliphatic hydroxyl groups is 1. The third-order valence-corrected chi connectivity index (χ3v) is 4.15. The van der Waals surface area contributed by atoms with Gasteiger partial charge in [0.05, 0.1) is 12.5 Å². The molecule has 0 heterocycles. The number of alkyl halides is 3. The minimum Gasteiger partial charge on any atom is -0.395 e. The van der Waals surface area contributed by atoms with Crippen molar-refractivity contribution in [2.24, 2.45) is 5.92 Å². The molecule has 0 spiro atoms.